The van der Waals surface area contributed by atoms with Crippen LogP contribution in [0.5, 0.6) is 0 Å². The van der Waals surface area contributed by atoms with Crippen molar-refractivity contribution in [1.29, 1.82) is 0 Å². The molecule has 0 saturated heterocycles. The molecule has 0 saturated carbocycles. The van der Waals surface area contributed by atoms with E-state index in [1.165, 1.54) is 4.88 Å². The van der Waals surface area contributed by atoms with Gasteiger partial charge >= 0.3 is 0 Å². The Morgan fingerprint density at radius 1 is 1.41 bits per heavy atom. The number of thiophene rings is 1. The smallest absolute Gasteiger partial charge is 0.140 e. The molecule has 0 radical (unpaired) electrons. The summed E-state index contributed by atoms with van der Waals surface area (Å²) in [5, 5.41) is 12.4. The van der Waals surface area contributed by atoms with Gasteiger partial charge in [0, 0.05) is 16.3 Å². The van der Waals surface area contributed by atoms with Crippen LogP contribution in [0.25, 0.3) is 0 Å². The first-order valence-corrected chi connectivity index (χ1v) is 6.41. The van der Waals surface area contributed by atoms with Crippen LogP contribution in [0.3, 0.4) is 0 Å². The summed E-state index contributed by atoms with van der Waals surface area (Å²) in [6, 6.07) is 9.45. The minimum atomic E-state index is -0.873. The van der Waals surface area contributed by atoms with Crippen molar-refractivity contribution in [2.45, 2.75) is 12.5 Å². The Hall–Kier alpha value is -1.27. The van der Waals surface area contributed by atoms with Crippen molar-refractivity contribution in [1.82, 2.24) is 0 Å². The summed E-state index contributed by atoms with van der Waals surface area (Å²) in [6.07, 6.45) is 5.12. The van der Waals surface area contributed by atoms with E-state index in [0.29, 0.717) is 5.02 Å². The van der Waals surface area contributed by atoms with Crippen LogP contribution in [0.1, 0.15) is 22.1 Å². The van der Waals surface area contributed by atoms with Gasteiger partial charge in [0.05, 0.1) is 0 Å². The van der Waals surface area contributed by atoms with Crippen molar-refractivity contribution >= 4 is 22.9 Å². The van der Waals surface area contributed by atoms with E-state index in [4.69, 9.17) is 18.0 Å². The molecule has 2 aromatic rings. The second-order valence-electron chi connectivity index (χ2n) is 3.67. The van der Waals surface area contributed by atoms with Crippen molar-refractivity contribution in [3.8, 4) is 12.3 Å². The number of hydrogen-bond acceptors (Lipinski definition) is 2. The van der Waals surface area contributed by atoms with Gasteiger partial charge in [0.15, 0.2) is 0 Å². The van der Waals surface area contributed by atoms with Crippen molar-refractivity contribution in [3.05, 3.63) is 56.7 Å². The average molecular weight is 263 g/mol. The van der Waals surface area contributed by atoms with Gasteiger partial charge in [0.2, 0.25) is 0 Å². The van der Waals surface area contributed by atoms with Crippen LogP contribution in [0.4, 0.5) is 0 Å². The molecule has 0 aliphatic heterocycles. The number of aliphatic hydroxyl groups is 1. The first-order chi connectivity index (χ1) is 8.20. The molecule has 0 aliphatic rings. The molecule has 0 fully saturated rings. The van der Waals surface area contributed by atoms with E-state index in [9.17, 15) is 5.11 Å². The normalized spacial score (nSPS) is 12.1. The summed E-state index contributed by atoms with van der Waals surface area (Å²) in [5.41, 5.74) is 1.73. The number of rotatable bonds is 3. The van der Waals surface area contributed by atoms with Gasteiger partial charge in [-0.15, -0.1) is 17.8 Å². The summed E-state index contributed by atoms with van der Waals surface area (Å²) in [6.45, 7) is 0. The number of hydrogen-bond donors (Lipinski definition) is 1. The van der Waals surface area contributed by atoms with Gasteiger partial charge in [0.25, 0.3) is 0 Å². The molecule has 86 valence electrons. The van der Waals surface area contributed by atoms with Gasteiger partial charge < -0.3 is 5.11 Å². The maximum Gasteiger partial charge on any atom is 0.140 e. The maximum atomic E-state index is 9.75. The first kappa shape index (κ1) is 12.2. The molecule has 1 N–H and O–H groups in total. The van der Waals surface area contributed by atoms with E-state index in [-0.39, 0.29) is 0 Å². The standard InChI is InChI=1S/C14H11ClOS/c1-2-14(16)13-6-5-11(15)8-10(13)9-12-4-3-7-17-12/h1,3-8,14,16H,9H2. The molecule has 3 heteroatoms. The number of halogens is 1. The molecule has 17 heavy (non-hydrogen) atoms. The van der Waals surface area contributed by atoms with Gasteiger partial charge in [-0.1, -0.05) is 29.7 Å². The lowest BCUT2D eigenvalue weighted by molar-refractivity contribution is 0.237. The van der Waals surface area contributed by atoms with E-state index < -0.39 is 6.10 Å². The van der Waals surface area contributed by atoms with Crippen molar-refractivity contribution in [2.24, 2.45) is 0 Å². The molecule has 0 bridgehead atoms. The number of aliphatic hydroxyl groups excluding tert-OH is 1. The minimum absolute atomic E-state index is 0.657. The Kier molecular flexibility index (Phi) is 3.86. The Balaban J connectivity index is 2.37. The zero-order valence-electron chi connectivity index (χ0n) is 9.06. The Morgan fingerprint density at radius 3 is 2.88 bits per heavy atom. The number of benzene rings is 1. The highest BCUT2D eigenvalue weighted by Crippen LogP contribution is 2.25. The zero-order valence-corrected chi connectivity index (χ0v) is 10.6. The van der Waals surface area contributed by atoms with Crippen LogP contribution in [0.2, 0.25) is 5.02 Å². The lowest BCUT2D eigenvalue weighted by atomic mass is 9.99. The third-order valence-corrected chi connectivity index (χ3v) is 3.61. The van der Waals surface area contributed by atoms with E-state index in [1.54, 1.807) is 23.5 Å². The summed E-state index contributed by atoms with van der Waals surface area (Å²) < 4.78 is 0. The molecular formula is C14H11ClOS. The molecular weight excluding hydrogens is 252 g/mol. The van der Waals surface area contributed by atoms with E-state index in [2.05, 4.69) is 12.0 Å². The summed E-state index contributed by atoms with van der Waals surface area (Å²) >= 11 is 7.65. The Morgan fingerprint density at radius 2 is 2.24 bits per heavy atom. The van der Waals surface area contributed by atoms with Crippen LogP contribution in [0, 0.1) is 12.3 Å². The monoisotopic (exact) mass is 262 g/mol. The molecule has 2 rings (SSSR count). The zero-order chi connectivity index (χ0) is 12.3. The van der Waals surface area contributed by atoms with Gasteiger partial charge in [0.1, 0.15) is 6.10 Å². The van der Waals surface area contributed by atoms with Crippen LogP contribution in [-0.2, 0) is 6.42 Å². The second-order valence-corrected chi connectivity index (χ2v) is 5.14. The third kappa shape index (κ3) is 2.89. The molecule has 1 aromatic carbocycles. The van der Waals surface area contributed by atoms with Crippen molar-refractivity contribution in [3.63, 3.8) is 0 Å². The van der Waals surface area contributed by atoms with Crippen LogP contribution < -0.4 is 0 Å². The minimum Gasteiger partial charge on any atom is -0.376 e. The van der Waals surface area contributed by atoms with Gasteiger partial charge in [-0.05, 0) is 34.7 Å². The molecule has 0 aliphatic carbocycles. The predicted octanol–water partition coefficient (Wildman–Crippen LogP) is 3.66. The molecule has 1 nitrogen and oxygen atoms in total. The lowest BCUT2D eigenvalue weighted by Gasteiger charge is -2.11. The van der Waals surface area contributed by atoms with E-state index in [1.807, 2.05) is 17.5 Å². The lowest BCUT2D eigenvalue weighted by Crippen LogP contribution is -2.00. The molecule has 0 amide bonds. The molecule has 1 heterocycles. The Bertz CT molecular complexity index is 540. The fraction of sp³-hybridized carbons (Fsp3) is 0.143. The van der Waals surface area contributed by atoms with Crippen LogP contribution >= 0.6 is 22.9 Å². The number of terminal acetylenes is 1. The first-order valence-electron chi connectivity index (χ1n) is 5.15. The second kappa shape index (κ2) is 5.37. The molecule has 1 aromatic heterocycles. The highest BCUT2D eigenvalue weighted by atomic mass is 35.5. The maximum absolute atomic E-state index is 9.75. The summed E-state index contributed by atoms with van der Waals surface area (Å²) in [5.74, 6) is 2.34. The van der Waals surface area contributed by atoms with E-state index >= 15 is 0 Å². The fourth-order valence-electron chi connectivity index (χ4n) is 1.68. The molecule has 0 spiro atoms. The SMILES string of the molecule is C#CC(O)c1ccc(Cl)cc1Cc1cccs1. The van der Waals surface area contributed by atoms with Crippen LogP contribution in [0.15, 0.2) is 35.7 Å². The quantitative estimate of drug-likeness (QED) is 0.837. The van der Waals surface area contributed by atoms with Gasteiger partial charge in [-0.2, -0.15) is 0 Å². The fourth-order valence-corrected chi connectivity index (χ4v) is 2.61. The topological polar surface area (TPSA) is 20.2 Å². The highest BCUT2D eigenvalue weighted by Gasteiger charge is 2.11. The summed E-state index contributed by atoms with van der Waals surface area (Å²) in [4.78, 5) is 1.22. The van der Waals surface area contributed by atoms with Crippen molar-refractivity contribution < 1.29 is 5.11 Å². The van der Waals surface area contributed by atoms with E-state index in [0.717, 1.165) is 17.5 Å². The summed E-state index contributed by atoms with van der Waals surface area (Å²) in [7, 11) is 0. The molecule has 1 atom stereocenters. The average Bonchev–Trinajstić information content (AvgIpc) is 2.81. The Labute approximate surface area is 110 Å². The largest absolute Gasteiger partial charge is 0.376 e. The van der Waals surface area contributed by atoms with Crippen LogP contribution in [-0.4, -0.2) is 5.11 Å². The van der Waals surface area contributed by atoms with Gasteiger partial charge in [-0.3, -0.25) is 0 Å². The van der Waals surface area contributed by atoms with Gasteiger partial charge in [-0.25, -0.2) is 0 Å². The van der Waals surface area contributed by atoms with Crippen molar-refractivity contribution in [2.75, 3.05) is 0 Å². The molecule has 1 unspecified atom stereocenters. The highest BCUT2D eigenvalue weighted by molar-refractivity contribution is 7.09. The third-order valence-electron chi connectivity index (χ3n) is 2.50. The predicted molar refractivity (Wildman–Crippen MR) is 72.4 cm³/mol.